The van der Waals surface area contributed by atoms with Gasteiger partial charge >= 0.3 is 11.9 Å². The predicted octanol–water partition coefficient (Wildman–Crippen LogP) is 7.99. The smallest absolute Gasteiger partial charge is 0.311 e. The molecule has 0 bridgehead atoms. The van der Waals surface area contributed by atoms with Gasteiger partial charge in [-0.1, -0.05) is 77.3 Å². The number of unbranched alkanes of at least 4 members (excludes halogenated alkanes) is 8. The largest absolute Gasteiger partial charge is 0.463 e. The Labute approximate surface area is 219 Å². The van der Waals surface area contributed by atoms with E-state index in [9.17, 15) is 14.4 Å². The first-order valence-corrected chi connectivity index (χ1v) is 13.6. The average molecular weight is 507 g/mol. The molecule has 0 aliphatic rings. The van der Waals surface area contributed by atoms with Crippen LogP contribution in [0.25, 0.3) is 22.1 Å². The lowest BCUT2D eigenvalue weighted by atomic mass is 10.1. The van der Waals surface area contributed by atoms with Crippen LogP contribution in [0.4, 0.5) is 0 Å². The van der Waals surface area contributed by atoms with Crippen LogP contribution in [0.15, 0.2) is 57.9 Å². The number of carbonyl (C=O) groups is 2. The maximum atomic E-state index is 13.1. The van der Waals surface area contributed by atoms with E-state index in [2.05, 4.69) is 13.8 Å². The zero-order valence-corrected chi connectivity index (χ0v) is 22.1. The fourth-order valence-corrected chi connectivity index (χ4v) is 4.18. The zero-order chi connectivity index (χ0) is 26.5. The van der Waals surface area contributed by atoms with Crippen molar-refractivity contribution in [2.45, 2.75) is 90.9 Å². The minimum absolute atomic E-state index is 0.188. The van der Waals surface area contributed by atoms with Gasteiger partial charge in [-0.05, 0) is 42.7 Å². The summed E-state index contributed by atoms with van der Waals surface area (Å²) in [4.78, 5) is 37.3. The number of fused-ring (bicyclic) bond motifs is 1. The maximum absolute atomic E-state index is 13.1. The monoisotopic (exact) mass is 506 g/mol. The lowest BCUT2D eigenvalue weighted by Gasteiger charge is -2.08. The minimum atomic E-state index is -0.285. The van der Waals surface area contributed by atoms with Gasteiger partial charge in [0.25, 0.3) is 0 Å². The molecule has 0 radical (unpaired) electrons. The Kier molecular flexibility index (Phi) is 11.4. The molecule has 0 aliphatic heterocycles. The predicted molar refractivity (Wildman–Crippen MR) is 146 cm³/mol. The Hall–Kier alpha value is -3.41. The van der Waals surface area contributed by atoms with Crippen LogP contribution < -0.4 is 14.9 Å². The van der Waals surface area contributed by atoms with E-state index in [1.54, 1.807) is 42.5 Å². The highest BCUT2D eigenvalue weighted by molar-refractivity contribution is 5.83. The number of esters is 2. The molecule has 0 N–H and O–H groups in total. The third-order valence-electron chi connectivity index (χ3n) is 6.34. The Morgan fingerprint density at radius 1 is 0.703 bits per heavy atom. The normalized spacial score (nSPS) is 11.0. The van der Waals surface area contributed by atoms with E-state index >= 15 is 0 Å². The Bertz CT molecular complexity index is 1210. The molecule has 6 heteroatoms. The molecule has 0 spiro atoms. The summed E-state index contributed by atoms with van der Waals surface area (Å²) in [6.07, 6.45) is 12.8. The van der Waals surface area contributed by atoms with Gasteiger partial charge in [0.1, 0.15) is 23.3 Å². The molecule has 0 unspecified atom stereocenters. The molecule has 0 saturated carbocycles. The zero-order valence-electron chi connectivity index (χ0n) is 22.1. The van der Waals surface area contributed by atoms with Crippen LogP contribution in [0.1, 0.15) is 90.9 Å². The second-order valence-corrected chi connectivity index (χ2v) is 9.44. The van der Waals surface area contributed by atoms with Crippen LogP contribution in [0.5, 0.6) is 11.5 Å². The van der Waals surface area contributed by atoms with E-state index in [0.717, 1.165) is 44.9 Å². The van der Waals surface area contributed by atoms with Crippen molar-refractivity contribution in [1.29, 1.82) is 0 Å². The molecular formula is C31H38O6. The summed E-state index contributed by atoms with van der Waals surface area (Å²) in [6, 6.07) is 11.6. The maximum Gasteiger partial charge on any atom is 0.311 e. The van der Waals surface area contributed by atoms with E-state index in [-0.39, 0.29) is 17.4 Å². The third-order valence-corrected chi connectivity index (χ3v) is 6.34. The van der Waals surface area contributed by atoms with Crippen LogP contribution in [0.2, 0.25) is 0 Å². The van der Waals surface area contributed by atoms with E-state index in [4.69, 9.17) is 13.9 Å². The molecule has 0 atom stereocenters. The van der Waals surface area contributed by atoms with E-state index < -0.39 is 0 Å². The van der Waals surface area contributed by atoms with Crippen LogP contribution in [0, 0.1) is 0 Å². The lowest BCUT2D eigenvalue weighted by molar-refractivity contribution is -0.135. The highest BCUT2D eigenvalue weighted by Crippen LogP contribution is 2.25. The average Bonchev–Trinajstić information content (AvgIpc) is 2.89. The Morgan fingerprint density at radius 2 is 1.24 bits per heavy atom. The van der Waals surface area contributed by atoms with Crippen molar-refractivity contribution in [3.05, 3.63) is 59.0 Å². The van der Waals surface area contributed by atoms with E-state index in [1.165, 1.54) is 25.5 Å². The van der Waals surface area contributed by atoms with Crippen LogP contribution in [0.3, 0.4) is 0 Å². The molecule has 3 rings (SSSR count). The van der Waals surface area contributed by atoms with E-state index in [0.29, 0.717) is 46.4 Å². The molecular weight excluding hydrogens is 468 g/mol. The highest BCUT2D eigenvalue weighted by Gasteiger charge is 2.13. The number of rotatable bonds is 15. The van der Waals surface area contributed by atoms with Crippen molar-refractivity contribution in [2.24, 2.45) is 0 Å². The van der Waals surface area contributed by atoms with Gasteiger partial charge in [0.05, 0.1) is 10.9 Å². The van der Waals surface area contributed by atoms with Crippen molar-refractivity contribution in [2.75, 3.05) is 0 Å². The molecule has 37 heavy (non-hydrogen) atoms. The number of benzene rings is 2. The van der Waals surface area contributed by atoms with Crippen LogP contribution in [-0.4, -0.2) is 11.9 Å². The number of ether oxygens (including phenoxy) is 2. The molecule has 0 amide bonds. The first-order chi connectivity index (χ1) is 18.0. The van der Waals surface area contributed by atoms with Crippen molar-refractivity contribution < 1.29 is 23.5 Å². The van der Waals surface area contributed by atoms with Gasteiger partial charge in [-0.2, -0.15) is 0 Å². The van der Waals surface area contributed by atoms with Crippen molar-refractivity contribution in [3.8, 4) is 22.6 Å². The van der Waals surface area contributed by atoms with Gasteiger partial charge in [0.15, 0.2) is 5.43 Å². The molecule has 0 saturated heterocycles. The topological polar surface area (TPSA) is 82.8 Å². The number of carbonyl (C=O) groups excluding carboxylic acids is 2. The number of hydrogen-bond acceptors (Lipinski definition) is 6. The molecule has 1 heterocycles. The summed E-state index contributed by atoms with van der Waals surface area (Å²) < 4.78 is 16.6. The number of hydrogen-bond donors (Lipinski definition) is 0. The van der Waals surface area contributed by atoms with Gasteiger partial charge in [-0.25, -0.2) is 0 Å². The van der Waals surface area contributed by atoms with Gasteiger partial charge in [-0.3, -0.25) is 14.4 Å². The summed E-state index contributed by atoms with van der Waals surface area (Å²) in [7, 11) is 0. The summed E-state index contributed by atoms with van der Waals surface area (Å²) >= 11 is 0. The summed E-state index contributed by atoms with van der Waals surface area (Å²) in [5, 5.41) is 0.399. The molecule has 198 valence electrons. The third kappa shape index (κ3) is 8.88. The Morgan fingerprint density at radius 3 is 1.84 bits per heavy atom. The van der Waals surface area contributed by atoms with Crippen molar-refractivity contribution in [3.63, 3.8) is 0 Å². The summed E-state index contributed by atoms with van der Waals surface area (Å²) in [5.41, 5.74) is 1.23. The molecule has 0 fully saturated rings. The van der Waals surface area contributed by atoms with Gasteiger partial charge < -0.3 is 13.9 Å². The first kappa shape index (κ1) is 28.2. The standard InChI is InChI=1S/C31H38O6/c1-3-5-7-9-11-13-29(32)36-24-17-15-23(16-18-24)27-22-35-28-21-25(19-20-26(28)31(27)34)37-30(33)14-12-10-8-6-4-2/h15-22H,3-14H2,1-2H3. The summed E-state index contributed by atoms with van der Waals surface area (Å²) in [6.45, 7) is 4.31. The molecule has 0 aliphatic carbocycles. The van der Waals surface area contributed by atoms with Gasteiger partial charge in [0.2, 0.25) is 0 Å². The molecule has 6 nitrogen and oxygen atoms in total. The Balaban J connectivity index is 1.59. The first-order valence-electron chi connectivity index (χ1n) is 13.6. The van der Waals surface area contributed by atoms with Gasteiger partial charge in [0, 0.05) is 18.9 Å². The lowest BCUT2D eigenvalue weighted by Crippen LogP contribution is -2.09. The van der Waals surface area contributed by atoms with E-state index in [1.807, 2.05) is 0 Å². The summed E-state index contributed by atoms with van der Waals surface area (Å²) in [5.74, 6) is 0.275. The highest BCUT2D eigenvalue weighted by atomic mass is 16.5. The van der Waals surface area contributed by atoms with Crippen molar-refractivity contribution >= 4 is 22.9 Å². The molecule has 2 aromatic carbocycles. The van der Waals surface area contributed by atoms with Crippen molar-refractivity contribution in [1.82, 2.24) is 0 Å². The quantitative estimate of drug-likeness (QED) is 0.118. The second kappa shape index (κ2) is 15.0. The fourth-order valence-electron chi connectivity index (χ4n) is 4.18. The molecule has 1 aromatic heterocycles. The fraction of sp³-hybridized carbons (Fsp3) is 0.452. The minimum Gasteiger partial charge on any atom is -0.463 e. The van der Waals surface area contributed by atoms with Crippen LogP contribution in [-0.2, 0) is 9.59 Å². The SMILES string of the molecule is CCCCCCCC(=O)Oc1ccc(-c2coc3cc(OC(=O)CCCCCCC)ccc3c2=O)cc1. The second-order valence-electron chi connectivity index (χ2n) is 9.44. The molecule has 3 aromatic rings. The van der Waals surface area contributed by atoms with Crippen LogP contribution >= 0.6 is 0 Å². The van der Waals surface area contributed by atoms with Gasteiger partial charge in [-0.15, -0.1) is 0 Å².